The number of aliphatic hydroxyl groups excluding tert-OH is 1. The fourth-order valence-electron chi connectivity index (χ4n) is 5.62. The van der Waals surface area contributed by atoms with Crippen molar-refractivity contribution in [1.29, 1.82) is 0 Å². The summed E-state index contributed by atoms with van der Waals surface area (Å²) in [7, 11) is -1.90. The number of rotatable bonds is 5. The van der Waals surface area contributed by atoms with Crippen LogP contribution in [0, 0.1) is 23.7 Å². The van der Waals surface area contributed by atoms with Gasteiger partial charge < -0.3 is 14.3 Å². The molecule has 0 aromatic carbocycles. The van der Waals surface area contributed by atoms with Gasteiger partial charge in [0.2, 0.25) is 0 Å². The lowest BCUT2D eigenvalue weighted by Gasteiger charge is -2.45. The molecule has 5 heteroatoms. The maximum Gasteiger partial charge on any atom is 0.308 e. The molecule has 0 amide bonds. The largest absolute Gasteiger partial charge is 0.462 e. The molecule has 7 atom stereocenters. The normalized spacial score (nSPS) is 37.9. The quantitative estimate of drug-likeness (QED) is 0.333. The Morgan fingerprint density at radius 3 is 2.53 bits per heavy atom. The second kappa shape index (κ2) is 9.07. The first kappa shape index (κ1) is 24.0. The van der Waals surface area contributed by atoms with E-state index in [2.05, 4.69) is 53.8 Å². The first-order valence-corrected chi connectivity index (χ1v) is 15.0. The summed E-state index contributed by atoms with van der Waals surface area (Å²) < 4.78 is 12.3. The van der Waals surface area contributed by atoms with Crippen LogP contribution in [-0.2, 0) is 14.0 Å². The van der Waals surface area contributed by atoms with Crippen LogP contribution in [0.15, 0.2) is 11.6 Å². The molecule has 172 valence electrons. The van der Waals surface area contributed by atoms with E-state index in [1.54, 1.807) is 0 Å². The average Bonchev–Trinajstić information content (AvgIpc) is 2.59. The Bertz CT molecular complexity index is 650. The van der Waals surface area contributed by atoms with Crippen LogP contribution in [0.3, 0.4) is 0 Å². The molecular weight excluding hydrogens is 392 g/mol. The molecule has 1 aliphatic heterocycles. The predicted molar refractivity (Wildman–Crippen MR) is 124 cm³/mol. The van der Waals surface area contributed by atoms with E-state index in [-0.39, 0.29) is 29.3 Å². The SMILES string of the molecule is C[C@H]1CC2=CC[C@H](C)[C@H](CC[C@@H]3C[C@@H](O[Si](C)(C)C(C)(C)C)CC(=O)O3)[C@H]2[C@@H](O)C1. The maximum atomic E-state index is 12.3. The highest BCUT2D eigenvalue weighted by Crippen LogP contribution is 2.47. The number of hydrogen-bond acceptors (Lipinski definition) is 4. The summed E-state index contributed by atoms with van der Waals surface area (Å²) in [5.41, 5.74) is 1.48. The van der Waals surface area contributed by atoms with Gasteiger partial charge in [-0.1, -0.05) is 46.3 Å². The van der Waals surface area contributed by atoms with Crippen LogP contribution >= 0.6 is 0 Å². The number of hydrogen-bond donors (Lipinski definition) is 1. The summed E-state index contributed by atoms with van der Waals surface area (Å²) in [6.07, 6.45) is 8.34. The van der Waals surface area contributed by atoms with Gasteiger partial charge in [0.05, 0.1) is 18.6 Å². The standard InChI is InChI=1S/C25H44O4Si/c1-16-12-18-9-8-17(2)21(24(18)22(26)13-16)11-10-19-14-20(15-23(27)28-19)29-30(6,7)25(3,4)5/h9,16-17,19-22,24,26H,8,10-15H2,1-7H3/t16-,17-,19+,20+,21-,22-,24-/m0/s1. The molecule has 0 aromatic heterocycles. The van der Waals surface area contributed by atoms with Gasteiger partial charge >= 0.3 is 5.97 Å². The third-order valence-electron chi connectivity index (χ3n) is 8.32. The Balaban J connectivity index is 1.62. The summed E-state index contributed by atoms with van der Waals surface area (Å²) >= 11 is 0. The van der Waals surface area contributed by atoms with Gasteiger partial charge in [0.15, 0.2) is 8.32 Å². The minimum absolute atomic E-state index is 0.0162. The van der Waals surface area contributed by atoms with E-state index in [1.165, 1.54) is 5.57 Å². The van der Waals surface area contributed by atoms with E-state index in [4.69, 9.17) is 9.16 Å². The fourth-order valence-corrected chi connectivity index (χ4v) is 6.99. The molecule has 0 unspecified atom stereocenters. The number of ether oxygens (including phenoxy) is 1. The van der Waals surface area contributed by atoms with Gasteiger partial charge in [-0.05, 0) is 68.0 Å². The Morgan fingerprint density at radius 1 is 1.17 bits per heavy atom. The topological polar surface area (TPSA) is 55.8 Å². The summed E-state index contributed by atoms with van der Waals surface area (Å²) in [5.74, 6) is 1.81. The molecule has 1 heterocycles. The number of fused-ring (bicyclic) bond motifs is 1. The zero-order valence-electron chi connectivity index (χ0n) is 20.2. The molecule has 30 heavy (non-hydrogen) atoms. The number of cyclic esters (lactones) is 1. The van der Waals surface area contributed by atoms with E-state index in [0.717, 1.165) is 38.5 Å². The molecule has 0 radical (unpaired) electrons. The van der Waals surface area contributed by atoms with Crippen LogP contribution in [0.4, 0.5) is 0 Å². The summed E-state index contributed by atoms with van der Waals surface area (Å²) in [6, 6.07) is 0. The first-order chi connectivity index (χ1) is 13.9. The van der Waals surface area contributed by atoms with E-state index >= 15 is 0 Å². The van der Waals surface area contributed by atoms with Crippen molar-refractivity contribution < 1.29 is 19.1 Å². The van der Waals surface area contributed by atoms with Gasteiger partial charge in [-0.25, -0.2) is 0 Å². The number of carbonyl (C=O) groups excluding carboxylic acids is 1. The van der Waals surface area contributed by atoms with E-state index in [0.29, 0.717) is 30.1 Å². The van der Waals surface area contributed by atoms with Crippen LogP contribution in [0.25, 0.3) is 0 Å². The number of esters is 1. The molecule has 3 rings (SSSR count). The lowest BCUT2D eigenvalue weighted by Crippen LogP contribution is -2.47. The Kier molecular flexibility index (Phi) is 7.26. The number of allylic oxidation sites excluding steroid dienone is 1. The molecule has 1 saturated heterocycles. The molecule has 1 saturated carbocycles. The molecule has 0 bridgehead atoms. The smallest absolute Gasteiger partial charge is 0.308 e. The summed E-state index contributed by atoms with van der Waals surface area (Å²) in [5, 5.41) is 11.0. The van der Waals surface area contributed by atoms with Crippen molar-refractivity contribution in [2.45, 2.75) is 116 Å². The highest BCUT2D eigenvalue weighted by molar-refractivity contribution is 6.74. The third-order valence-corrected chi connectivity index (χ3v) is 12.9. The van der Waals surface area contributed by atoms with Gasteiger partial charge in [0.25, 0.3) is 0 Å². The van der Waals surface area contributed by atoms with Crippen molar-refractivity contribution in [2.24, 2.45) is 23.7 Å². The summed E-state index contributed by atoms with van der Waals surface area (Å²) in [4.78, 5) is 12.3. The van der Waals surface area contributed by atoms with Crippen LogP contribution < -0.4 is 0 Å². The van der Waals surface area contributed by atoms with Gasteiger partial charge in [-0.2, -0.15) is 0 Å². The zero-order chi connectivity index (χ0) is 22.3. The van der Waals surface area contributed by atoms with Gasteiger partial charge in [0.1, 0.15) is 6.10 Å². The maximum absolute atomic E-state index is 12.3. The molecule has 3 aliphatic rings. The van der Waals surface area contributed by atoms with E-state index in [1.807, 2.05) is 0 Å². The fraction of sp³-hybridized carbons (Fsp3) is 0.880. The Labute approximate surface area is 184 Å². The monoisotopic (exact) mass is 436 g/mol. The molecule has 4 nitrogen and oxygen atoms in total. The molecule has 2 fully saturated rings. The molecule has 0 aromatic rings. The average molecular weight is 437 g/mol. The van der Waals surface area contributed by atoms with Gasteiger partial charge in [-0.3, -0.25) is 4.79 Å². The van der Waals surface area contributed by atoms with E-state index < -0.39 is 8.32 Å². The minimum Gasteiger partial charge on any atom is -0.462 e. The van der Waals surface area contributed by atoms with Crippen molar-refractivity contribution >= 4 is 14.3 Å². The van der Waals surface area contributed by atoms with Crippen LogP contribution in [0.1, 0.15) is 79.6 Å². The lowest BCUT2D eigenvalue weighted by molar-refractivity contribution is -0.160. The van der Waals surface area contributed by atoms with Crippen molar-refractivity contribution in [3.8, 4) is 0 Å². The van der Waals surface area contributed by atoms with Gasteiger partial charge in [-0.15, -0.1) is 0 Å². The Morgan fingerprint density at radius 2 is 1.87 bits per heavy atom. The summed E-state index contributed by atoms with van der Waals surface area (Å²) in [6.45, 7) is 15.8. The number of carbonyl (C=O) groups is 1. The van der Waals surface area contributed by atoms with Crippen molar-refractivity contribution in [3.05, 3.63) is 11.6 Å². The third kappa shape index (κ3) is 5.39. The van der Waals surface area contributed by atoms with Crippen LogP contribution in [-0.4, -0.2) is 37.7 Å². The Hall–Kier alpha value is -0.653. The first-order valence-electron chi connectivity index (χ1n) is 12.1. The molecule has 1 N–H and O–H groups in total. The van der Waals surface area contributed by atoms with E-state index in [9.17, 15) is 9.90 Å². The lowest BCUT2D eigenvalue weighted by atomic mass is 9.62. The second-order valence-electron chi connectivity index (χ2n) is 11.9. The molecule has 0 spiro atoms. The van der Waals surface area contributed by atoms with Gasteiger partial charge in [0, 0.05) is 12.3 Å². The van der Waals surface area contributed by atoms with Crippen molar-refractivity contribution in [3.63, 3.8) is 0 Å². The molecule has 2 aliphatic carbocycles. The predicted octanol–water partition coefficient (Wildman–Crippen LogP) is 5.85. The highest BCUT2D eigenvalue weighted by Gasteiger charge is 2.43. The van der Waals surface area contributed by atoms with Crippen molar-refractivity contribution in [2.75, 3.05) is 0 Å². The van der Waals surface area contributed by atoms with Crippen molar-refractivity contribution in [1.82, 2.24) is 0 Å². The van der Waals surface area contributed by atoms with Crippen LogP contribution in [0.5, 0.6) is 0 Å². The second-order valence-corrected chi connectivity index (χ2v) is 16.7. The minimum atomic E-state index is -1.90. The highest BCUT2D eigenvalue weighted by atomic mass is 28.4. The molecular formula is C25H44O4Si. The zero-order valence-corrected chi connectivity index (χ0v) is 21.2. The number of aliphatic hydroxyl groups is 1. The van der Waals surface area contributed by atoms with Crippen LogP contribution in [0.2, 0.25) is 18.1 Å².